The van der Waals surface area contributed by atoms with E-state index in [0.29, 0.717) is 18.9 Å². The van der Waals surface area contributed by atoms with Crippen LogP contribution in [0.25, 0.3) is 0 Å². The smallest absolute Gasteiger partial charge is 0.227 e. The summed E-state index contributed by atoms with van der Waals surface area (Å²) >= 11 is 0. The highest BCUT2D eigenvalue weighted by Gasteiger charge is 2.40. The topological polar surface area (TPSA) is 55.8 Å². The third kappa shape index (κ3) is 2.84. The molecule has 2 unspecified atom stereocenters. The van der Waals surface area contributed by atoms with Gasteiger partial charge < -0.3 is 20.2 Å². The molecule has 2 N–H and O–H groups in total. The molecule has 104 valence electrons. The number of aliphatic hydroxyl groups excluding tert-OH is 1. The van der Waals surface area contributed by atoms with E-state index in [2.05, 4.69) is 17.1 Å². The molecule has 18 heavy (non-hydrogen) atoms. The number of rotatable bonds is 3. The number of likely N-dealkylation sites (tertiary alicyclic amines) is 1. The number of amides is 1. The van der Waals surface area contributed by atoms with Crippen LogP contribution in [-0.2, 0) is 4.79 Å². The van der Waals surface area contributed by atoms with Crippen molar-refractivity contribution < 1.29 is 9.90 Å². The molecule has 2 aliphatic rings. The molecule has 0 saturated carbocycles. The summed E-state index contributed by atoms with van der Waals surface area (Å²) in [6.45, 7) is 5.15. The van der Waals surface area contributed by atoms with E-state index < -0.39 is 0 Å². The van der Waals surface area contributed by atoms with Crippen LogP contribution in [0.2, 0.25) is 0 Å². The lowest BCUT2D eigenvalue weighted by Gasteiger charge is -2.30. The Balaban J connectivity index is 2.03. The van der Waals surface area contributed by atoms with Gasteiger partial charge in [-0.1, -0.05) is 6.92 Å². The molecule has 0 spiro atoms. The first kappa shape index (κ1) is 13.8. The van der Waals surface area contributed by atoms with Gasteiger partial charge in [0, 0.05) is 25.7 Å². The van der Waals surface area contributed by atoms with E-state index in [9.17, 15) is 9.90 Å². The molecule has 2 aliphatic heterocycles. The maximum atomic E-state index is 12.6. The van der Waals surface area contributed by atoms with Crippen LogP contribution in [0, 0.1) is 11.8 Å². The van der Waals surface area contributed by atoms with Crippen molar-refractivity contribution in [3.63, 3.8) is 0 Å². The van der Waals surface area contributed by atoms with E-state index in [0.717, 1.165) is 19.6 Å². The van der Waals surface area contributed by atoms with Gasteiger partial charge in [-0.3, -0.25) is 4.79 Å². The van der Waals surface area contributed by atoms with E-state index in [1.807, 2.05) is 19.0 Å². The third-order valence-electron chi connectivity index (χ3n) is 4.09. The molecule has 0 aliphatic carbocycles. The molecular weight excluding hydrogens is 230 g/mol. The van der Waals surface area contributed by atoms with Crippen LogP contribution >= 0.6 is 0 Å². The lowest BCUT2D eigenvalue weighted by Crippen LogP contribution is -2.45. The van der Waals surface area contributed by atoms with E-state index in [1.165, 1.54) is 0 Å². The summed E-state index contributed by atoms with van der Waals surface area (Å²) < 4.78 is 0. The number of hydrogen-bond donors (Lipinski definition) is 2. The fourth-order valence-electron chi connectivity index (χ4n) is 3.11. The van der Waals surface area contributed by atoms with E-state index >= 15 is 0 Å². The van der Waals surface area contributed by atoms with Gasteiger partial charge in [0.25, 0.3) is 0 Å². The molecule has 2 rings (SSSR count). The average molecular weight is 255 g/mol. The summed E-state index contributed by atoms with van der Waals surface area (Å²) in [6.07, 6.45) is 0.349. The number of β-amino-alcohol motifs (C(OH)–C–C–N with tert-alkyl or cyclic N) is 1. The largest absolute Gasteiger partial charge is 0.391 e. The van der Waals surface area contributed by atoms with Gasteiger partial charge in [-0.25, -0.2) is 0 Å². The highest BCUT2D eigenvalue weighted by Crippen LogP contribution is 2.25. The average Bonchev–Trinajstić information content (AvgIpc) is 2.83. The van der Waals surface area contributed by atoms with Gasteiger partial charge in [0.15, 0.2) is 0 Å². The normalized spacial score (nSPS) is 36.6. The maximum absolute atomic E-state index is 12.6. The van der Waals surface area contributed by atoms with Gasteiger partial charge in [0.2, 0.25) is 5.91 Å². The van der Waals surface area contributed by atoms with Crippen LogP contribution in [0.3, 0.4) is 0 Å². The Morgan fingerprint density at radius 1 is 1.44 bits per heavy atom. The van der Waals surface area contributed by atoms with Gasteiger partial charge >= 0.3 is 0 Å². The predicted molar refractivity (Wildman–Crippen MR) is 70.2 cm³/mol. The molecule has 0 aromatic heterocycles. The van der Waals surface area contributed by atoms with Gasteiger partial charge in [-0.2, -0.15) is 0 Å². The molecular formula is C13H25N3O2. The quantitative estimate of drug-likeness (QED) is 0.705. The molecule has 5 nitrogen and oxygen atoms in total. The van der Waals surface area contributed by atoms with E-state index in [4.69, 9.17) is 0 Å². The number of nitrogens with zero attached hydrogens (tertiary/aromatic N) is 2. The predicted octanol–water partition coefficient (Wildman–Crippen LogP) is -0.635. The zero-order chi connectivity index (χ0) is 13.3. The SMILES string of the molecule is C[C@@H]1CNC[C@H]1C(=O)N1CC(O)CC1CN(C)C. The standard InChI is InChI=1S/C13H25N3O2/c1-9-5-14-6-12(9)13(18)16-8-11(17)4-10(16)7-15(2)3/h9-12,14,17H,4-8H2,1-3H3/t9-,10?,11?,12-/m1/s1. The Kier molecular flexibility index (Phi) is 4.25. The minimum atomic E-state index is -0.358. The number of carbonyl (C=O) groups is 1. The summed E-state index contributed by atoms with van der Waals surface area (Å²) in [4.78, 5) is 16.5. The Morgan fingerprint density at radius 2 is 2.17 bits per heavy atom. The summed E-state index contributed by atoms with van der Waals surface area (Å²) in [5.74, 6) is 0.700. The summed E-state index contributed by atoms with van der Waals surface area (Å²) in [5.41, 5.74) is 0. The molecule has 2 fully saturated rings. The fraction of sp³-hybridized carbons (Fsp3) is 0.923. The minimum Gasteiger partial charge on any atom is -0.391 e. The Labute approximate surface area is 109 Å². The molecule has 2 heterocycles. The summed E-state index contributed by atoms with van der Waals surface area (Å²) in [7, 11) is 4.01. The fourth-order valence-corrected chi connectivity index (χ4v) is 3.11. The van der Waals surface area contributed by atoms with Gasteiger partial charge in [-0.15, -0.1) is 0 Å². The van der Waals surface area contributed by atoms with Crippen molar-refractivity contribution in [2.24, 2.45) is 11.8 Å². The van der Waals surface area contributed by atoms with Crippen LogP contribution in [0.1, 0.15) is 13.3 Å². The van der Waals surface area contributed by atoms with Gasteiger partial charge in [0.05, 0.1) is 12.0 Å². The summed E-state index contributed by atoms with van der Waals surface area (Å²) in [6, 6.07) is 0.162. The number of aliphatic hydroxyl groups is 1. The number of likely N-dealkylation sites (N-methyl/N-ethyl adjacent to an activating group) is 1. The maximum Gasteiger partial charge on any atom is 0.227 e. The Morgan fingerprint density at radius 3 is 2.72 bits per heavy atom. The first-order valence-electron chi connectivity index (χ1n) is 6.83. The monoisotopic (exact) mass is 255 g/mol. The highest BCUT2D eigenvalue weighted by molar-refractivity contribution is 5.80. The second kappa shape index (κ2) is 5.55. The van der Waals surface area contributed by atoms with Crippen LogP contribution in [0.4, 0.5) is 0 Å². The van der Waals surface area contributed by atoms with Crippen molar-refractivity contribution in [3.8, 4) is 0 Å². The van der Waals surface area contributed by atoms with Crippen LogP contribution in [0.5, 0.6) is 0 Å². The zero-order valence-electron chi connectivity index (χ0n) is 11.6. The third-order valence-corrected chi connectivity index (χ3v) is 4.09. The van der Waals surface area contributed by atoms with E-state index in [1.54, 1.807) is 0 Å². The number of carbonyl (C=O) groups excluding carboxylic acids is 1. The molecule has 4 atom stereocenters. The zero-order valence-corrected chi connectivity index (χ0v) is 11.6. The molecule has 0 aromatic rings. The summed E-state index contributed by atoms with van der Waals surface area (Å²) in [5, 5.41) is 13.1. The van der Waals surface area contributed by atoms with Crippen LogP contribution < -0.4 is 5.32 Å². The van der Waals surface area contributed by atoms with Gasteiger partial charge in [0.1, 0.15) is 0 Å². The molecule has 0 aromatic carbocycles. The minimum absolute atomic E-state index is 0.0833. The Bertz CT molecular complexity index is 309. The van der Waals surface area contributed by atoms with Crippen molar-refractivity contribution in [1.82, 2.24) is 15.1 Å². The number of hydrogen-bond acceptors (Lipinski definition) is 4. The molecule has 1 amide bonds. The Hall–Kier alpha value is -0.650. The molecule has 0 bridgehead atoms. The molecule has 5 heteroatoms. The van der Waals surface area contributed by atoms with Crippen molar-refractivity contribution in [1.29, 1.82) is 0 Å². The van der Waals surface area contributed by atoms with Crippen molar-refractivity contribution in [2.45, 2.75) is 25.5 Å². The van der Waals surface area contributed by atoms with Crippen LogP contribution in [0.15, 0.2) is 0 Å². The van der Waals surface area contributed by atoms with Crippen molar-refractivity contribution in [2.75, 3.05) is 40.3 Å². The van der Waals surface area contributed by atoms with Crippen molar-refractivity contribution in [3.05, 3.63) is 0 Å². The number of nitrogens with one attached hydrogen (secondary N) is 1. The van der Waals surface area contributed by atoms with Crippen molar-refractivity contribution >= 4 is 5.91 Å². The lowest BCUT2D eigenvalue weighted by molar-refractivity contribution is -0.137. The highest BCUT2D eigenvalue weighted by atomic mass is 16.3. The van der Waals surface area contributed by atoms with Gasteiger partial charge in [-0.05, 0) is 33.0 Å². The second-order valence-electron chi connectivity index (χ2n) is 6.04. The first-order chi connectivity index (χ1) is 8.49. The first-order valence-corrected chi connectivity index (χ1v) is 6.83. The van der Waals surface area contributed by atoms with Crippen LogP contribution in [-0.4, -0.2) is 73.2 Å². The second-order valence-corrected chi connectivity index (χ2v) is 6.04. The molecule has 2 saturated heterocycles. The van der Waals surface area contributed by atoms with E-state index in [-0.39, 0.29) is 24.0 Å². The lowest BCUT2D eigenvalue weighted by atomic mass is 9.96. The molecule has 0 radical (unpaired) electrons.